The van der Waals surface area contributed by atoms with Gasteiger partial charge < -0.3 is 10.2 Å². The van der Waals surface area contributed by atoms with Crippen molar-refractivity contribution >= 4 is 11.4 Å². The van der Waals surface area contributed by atoms with Gasteiger partial charge in [0.2, 0.25) is 0 Å². The Labute approximate surface area is 115 Å². The number of hydrogen-bond donors (Lipinski definition) is 1. The second-order valence-corrected chi connectivity index (χ2v) is 4.61. The first-order valence-corrected chi connectivity index (χ1v) is 6.66. The molecule has 100 valence electrons. The number of benzene rings is 1. The number of aryl methyl sites for hydroxylation is 1. The van der Waals surface area contributed by atoms with E-state index in [0.717, 1.165) is 18.7 Å². The van der Waals surface area contributed by atoms with Crippen molar-refractivity contribution in [3.8, 4) is 0 Å². The molecule has 1 aromatic heterocycles. The summed E-state index contributed by atoms with van der Waals surface area (Å²) in [6, 6.07) is 10.7. The van der Waals surface area contributed by atoms with Crippen LogP contribution in [0.5, 0.6) is 0 Å². The Hall–Kier alpha value is -1.87. The highest BCUT2D eigenvalue weighted by Crippen LogP contribution is 2.26. The Morgan fingerprint density at radius 1 is 1.16 bits per heavy atom. The van der Waals surface area contributed by atoms with Crippen molar-refractivity contribution in [2.75, 3.05) is 19.0 Å². The minimum absolute atomic E-state index is 0.842. The van der Waals surface area contributed by atoms with Gasteiger partial charge in [0.15, 0.2) is 0 Å². The molecule has 3 nitrogen and oxygen atoms in total. The molecule has 2 aromatic rings. The fraction of sp³-hybridized carbons (Fsp3) is 0.312. The van der Waals surface area contributed by atoms with Crippen LogP contribution in [0.4, 0.5) is 11.4 Å². The normalized spacial score (nSPS) is 10.5. The number of pyridine rings is 1. The zero-order valence-corrected chi connectivity index (χ0v) is 11.9. The standard InChI is InChI=1S/C16H21N3/c1-4-13-5-7-15(8-6-13)19(3)16-12-18-10-9-14(16)11-17-2/h5-10,12,17H,4,11H2,1-3H3. The van der Waals surface area contributed by atoms with Crippen molar-refractivity contribution in [2.24, 2.45) is 0 Å². The van der Waals surface area contributed by atoms with E-state index in [9.17, 15) is 0 Å². The average Bonchev–Trinajstić information content (AvgIpc) is 2.47. The highest BCUT2D eigenvalue weighted by molar-refractivity contribution is 5.65. The van der Waals surface area contributed by atoms with Crippen LogP contribution < -0.4 is 10.2 Å². The molecule has 0 aliphatic heterocycles. The Balaban J connectivity index is 2.29. The average molecular weight is 255 g/mol. The van der Waals surface area contributed by atoms with Gasteiger partial charge in [-0.1, -0.05) is 19.1 Å². The maximum absolute atomic E-state index is 4.24. The summed E-state index contributed by atoms with van der Waals surface area (Å²) in [5.41, 5.74) is 4.93. The molecule has 3 heteroatoms. The molecular formula is C16H21N3. The van der Waals surface area contributed by atoms with E-state index in [1.165, 1.54) is 16.8 Å². The molecule has 0 saturated carbocycles. The first-order valence-electron chi connectivity index (χ1n) is 6.66. The number of aromatic nitrogens is 1. The number of anilines is 2. The summed E-state index contributed by atoms with van der Waals surface area (Å²) in [6.07, 6.45) is 4.83. The quantitative estimate of drug-likeness (QED) is 0.889. The van der Waals surface area contributed by atoms with E-state index in [4.69, 9.17) is 0 Å². The molecule has 1 N–H and O–H groups in total. The predicted molar refractivity (Wildman–Crippen MR) is 80.9 cm³/mol. The lowest BCUT2D eigenvalue weighted by molar-refractivity contribution is 0.814. The van der Waals surface area contributed by atoms with Crippen molar-refractivity contribution < 1.29 is 0 Å². The second kappa shape index (κ2) is 6.34. The van der Waals surface area contributed by atoms with Crippen LogP contribution in [-0.4, -0.2) is 19.1 Å². The molecule has 1 aromatic carbocycles. The molecule has 0 atom stereocenters. The summed E-state index contributed by atoms with van der Waals surface area (Å²) in [7, 11) is 4.04. The van der Waals surface area contributed by atoms with Gasteiger partial charge in [-0.25, -0.2) is 0 Å². The maximum atomic E-state index is 4.24. The van der Waals surface area contributed by atoms with Gasteiger partial charge in [-0.05, 0) is 42.8 Å². The van der Waals surface area contributed by atoms with Gasteiger partial charge >= 0.3 is 0 Å². The van der Waals surface area contributed by atoms with E-state index in [1.54, 1.807) is 0 Å². The maximum Gasteiger partial charge on any atom is 0.0640 e. The molecule has 0 saturated heterocycles. The van der Waals surface area contributed by atoms with Crippen LogP contribution in [0.1, 0.15) is 18.1 Å². The smallest absolute Gasteiger partial charge is 0.0640 e. The Morgan fingerprint density at radius 3 is 2.53 bits per heavy atom. The Bertz CT molecular complexity index is 520. The zero-order chi connectivity index (χ0) is 13.7. The largest absolute Gasteiger partial charge is 0.343 e. The van der Waals surface area contributed by atoms with Gasteiger partial charge in [-0.2, -0.15) is 0 Å². The molecule has 0 aliphatic carbocycles. The minimum atomic E-state index is 0.842. The fourth-order valence-electron chi connectivity index (χ4n) is 2.15. The van der Waals surface area contributed by atoms with Crippen molar-refractivity contribution in [3.63, 3.8) is 0 Å². The topological polar surface area (TPSA) is 28.2 Å². The van der Waals surface area contributed by atoms with Gasteiger partial charge in [0.05, 0.1) is 11.9 Å². The molecule has 1 heterocycles. The second-order valence-electron chi connectivity index (χ2n) is 4.61. The van der Waals surface area contributed by atoms with Crippen LogP contribution in [0, 0.1) is 0 Å². The zero-order valence-electron chi connectivity index (χ0n) is 11.9. The summed E-state index contributed by atoms with van der Waals surface area (Å²) in [5, 5.41) is 3.19. The molecule has 0 bridgehead atoms. The third-order valence-corrected chi connectivity index (χ3v) is 3.35. The number of nitrogens with zero attached hydrogens (tertiary/aromatic N) is 2. The van der Waals surface area contributed by atoms with E-state index in [1.807, 2.05) is 19.4 Å². The van der Waals surface area contributed by atoms with Crippen LogP contribution in [0.15, 0.2) is 42.7 Å². The van der Waals surface area contributed by atoms with Gasteiger partial charge in [0.1, 0.15) is 0 Å². The highest BCUT2D eigenvalue weighted by atomic mass is 15.1. The minimum Gasteiger partial charge on any atom is -0.343 e. The summed E-state index contributed by atoms with van der Waals surface area (Å²) < 4.78 is 0. The van der Waals surface area contributed by atoms with Gasteiger partial charge in [-0.3, -0.25) is 4.98 Å². The molecule has 2 rings (SSSR count). The SMILES string of the molecule is CCc1ccc(N(C)c2cnccc2CNC)cc1. The predicted octanol–water partition coefficient (Wildman–Crippen LogP) is 3.13. The van der Waals surface area contributed by atoms with Gasteiger partial charge in [0.25, 0.3) is 0 Å². The summed E-state index contributed by atoms with van der Waals surface area (Å²) >= 11 is 0. The lowest BCUT2D eigenvalue weighted by Crippen LogP contribution is -2.15. The van der Waals surface area contributed by atoms with Gasteiger partial charge in [-0.15, -0.1) is 0 Å². The van der Waals surface area contributed by atoms with Crippen molar-refractivity contribution in [1.29, 1.82) is 0 Å². The molecule has 0 fully saturated rings. The van der Waals surface area contributed by atoms with E-state index >= 15 is 0 Å². The summed E-state index contributed by atoms with van der Waals surface area (Å²) in [5.74, 6) is 0. The lowest BCUT2D eigenvalue weighted by atomic mass is 10.1. The van der Waals surface area contributed by atoms with E-state index in [-0.39, 0.29) is 0 Å². The van der Waals surface area contributed by atoms with Crippen LogP contribution >= 0.6 is 0 Å². The highest BCUT2D eigenvalue weighted by Gasteiger charge is 2.08. The fourth-order valence-corrected chi connectivity index (χ4v) is 2.15. The molecule has 0 amide bonds. The monoisotopic (exact) mass is 255 g/mol. The Kier molecular flexibility index (Phi) is 4.53. The van der Waals surface area contributed by atoms with E-state index < -0.39 is 0 Å². The van der Waals surface area contributed by atoms with Crippen LogP contribution in [-0.2, 0) is 13.0 Å². The molecule has 0 spiro atoms. The molecule has 19 heavy (non-hydrogen) atoms. The molecular weight excluding hydrogens is 234 g/mol. The lowest BCUT2D eigenvalue weighted by Gasteiger charge is -2.22. The van der Waals surface area contributed by atoms with Crippen LogP contribution in [0.3, 0.4) is 0 Å². The first-order chi connectivity index (χ1) is 9.26. The van der Waals surface area contributed by atoms with Crippen LogP contribution in [0.25, 0.3) is 0 Å². The van der Waals surface area contributed by atoms with E-state index in [2.05, 4.69) is 59.5 Å². The van der Waals surface area contributed by atoms with Crippen molar-refractivity contribution in [1.82, 2.24) is 10.3 Å². The number of hydrogen-bond acceptors (Lipinski definition) is 3. The van der Waals surface area contributed by atoms with Crippen molar-refractivity contribution in [3.05, 3.63) is 53.9 Å². The first kappa shape index (κ1) is 13.6. The summed E-state index contributed by atoms with van der Waals surface area (Å²) in [4.78, 5) is 6.42. The molecule has 0 aliphatic rings. The number of rotatable bonds is 5. The van der Waals surface area contributed by atoms with Crippen LogP contribution in [0.2, 0.25) is 0 Å². The number of nitrogens with one attached hydrogen (secondary N) is 1. The Morgan fingerprint density at radius 2 is 1.89 bits per heavy atom. The third kappa shape index (κ3) is 3.12. The van der Waals surface area contributed by atoms with Gasteiger partial charge in [0, 0.05) is 25.5 Å². The van der Waals surface area contributed by atoms with Crippen molar-refractivity contribution in [2.45, 2.75) is 19.9 Å². The molecule has 0 unspecified atom stereocenters. The third-order valence-electron chi connectivity index (χ3n) is 3.35. The summed E-state index contributed by atoms with van der Waals surface area (Å²) in [6.45, 7) is 3.01. The molecule has 0 radical (unpaired) electrons. The van der Waals surface area contributed by atoms with E-state index in [0.29, 0.717) is 0 Å².